The number of piperazine rings is 1. The van der Waals surface area contributed by atoms with Gasteiger partial charge in [-0.05, 0) is 26.7 Å². The fraction of sp³-hybridized carbons (Fsp3) is 0.800. The van der Waals surface area contributed by atoms with E-state index in [2.05, 4.69) is 34.4 Å². The quantitative estimate of drug-likeness (QED) is 0.901. The van der Waals surface area contributed by atoms with Crippen LogP contribution in [0.15, 0.2) is 5.38 Å². The molecule has 3 nitrogen and oxygen atoms in total. The number of hydrogen-bond acceptors (Lipinski definition) is 4. The highest BCUT2D eigenvalue weighted by atomic mass is 32.1. The summed E-state index contributed by atoms with van der Waals surface area (Å²) in [6, 6.07) is 0.472. The van der Waals surface area contributed by atoms with Gasteiger partial charge < -0.3 is 5.32 Å². The van der Waals surface area contributed by atoms with E-state index >= 15 is 0 Å². The Balaban J connectivity index is 1.70. The van der Waals surface area contributed by atoms with Crippen LogP contribution in [0.1, 0.15) is 55.8 Å². The number of aromatic nitrogens is 1. The second kappa shape index (κ2) is 5.51. The lowest BCUT2D eigenvalue weighted by Gasteiger charge is -2.47. The van der Waals surface area contributed by atoms with Crippen molar-refractivity contribution in [2.45, 2.75) is 57.5 Å². The first-order chi connectivity index (χ1) is 9.19. The molecule has 1 N–H and O–H groups in total. The Morgan fingerprint density at radius 1 is 1.37 bits per heavy atom. The first-order valence-electron chi connectivity index (χ1n) is 7.60. The summed E-state index contributed by atoms with van der Waals surface area (Å²) in [5.41, 5.74) is 1.56. The van der Waals surface area contributed by atoms with Gasteiger partial charge in [0.05, 0.1) is 6.04 Å². The molecule has 19 heavy (non-hydrogen) atoms. The first kappa shape index (κ1) is 13.5. The Bertz CT molecular complexity index is 417. The molecule has 1 aliphatic heterocycles. The third kappa shape index (κ3) is 2.86. The van der Waals surface area contributed by atoms with Crippen LogP contribution in [0.4, 0.5) is 0 Å². The van der Waals surface area contributed by atoms with E-state index in [4.69, 9.17) is 0 Å². The fourth-order valence-electron chi connectivity index (χ4n) is 3.60. The van der Waals surface area contributed by atoms with Crippen molar-refractivity contribution >= 4 is 11.3 Å². The van der Waals surface area contributed by atoms with Gasteiger partial charge in [-0.1, -0.05) is 19.3 Å². The van der Waals surface area contributed by atoms with Crippen LogP contribution in [-0.2, 0) is 0 Å². The zero-order valence-corrected chi connectivity index (χ0v) is 12.9. The number of thiazole rings is 1. The van der Waals surface area contributed by atoms with Crippen LogP contribution in [-0.4, -0.2) is 35.1 Å². The highest BCUT2D eigenvalue weighted by molar-refractivity contribution is 7.09. The van der Waals surface area contributed by atoms with Gasteiger partial charge in [0, 0.05) is 36.2 Å². The monoisotopic (exact) mass is 279 g/mol. The molecule has 0 amide bonds. The smallest absolute Gasteiger partial charge is 0.110 e. The zero-order valence-electron chi connectivity index (χ0n) is 12.1. The van der Waals surface area contributed by atoms with E-state index in [1.807, 2.05) is 11.3 Å². The largest absolute Gasteiger partial charge is 0.309 e. The van der Waals surface area contributed by atoms with Crippen molar-refractivity contribution in [1.82, 2.24) is 15.2 Å². The van der Waals surface area contributed by atoms with E-state index in [1.54, 1.807) is 0 Å². The van der Waals surface area contributed by atoms with Crippen molar-refractivity contribution in [3.05, 3.63) is 16.1 Å². The summed E-state index contributed by atoms with van der Waals surface area (Å²) in [5, 5.41) is 7.27. The highest BCUT2D eigenvalue weighted by Crippen LogP contribution is 2.34. The normalized spacial score (nSPS) is 25.6. The topological polar surface area (TPSA) is 28.2 Å². The average molecular weight is 279 g/mol. The van der Waals surface area contributed by atoms with Crippen LogP contribution >= 0.6 is 11.3 Å². The van der Waals surface area contributed by atoms with Crippen LogP contribution in [0.2, 0.25) is 0 Å². The number of nitrogens with one attached hydrogen (secondary N) is 1. The number of nitrogens with zero attached hydrogens (tertiary/aromatic N) is 2. The maximum absolute atomic E-state index is 4.68. The van der Waals surface area contributed by atoms with E-state index < -0.39 is 0 Å². The van der Waals surface area contributed by atoms with E-state index in [0.29, 0.717) is 11.6 Å². The van der Waals surface area contributed by atoms with Crippen molar-refractivity contribution in [2.24, 2.45) is 0 Å². The number of hydrogen-bond donors (Lipinski definition) is 1. The van der Waals surface area contributed by atoms with Gasteiger partial charge in [0.25, 0.3) is 0 Å². The minimum absolute atomic E-state index is 0.400. The Hall–Kier alpha value is -0.450. The predicted octanol–water partition coefficient (Wildman–Crippen LogP) is 3.12. The van der Waals surface area contributed by atoms with Gasteiger partial charge in [0.2, 0.25) is 0 Å². The molecule has 2 fully saturated rings. The summed E-state index contributed by atoms with van der Waals surface area (Å²) in [4.78, 5) is 7.31. The van der Waals surface area contributed by atoms with Gasteiger partial charge in [-0.25, -0.2) is 4.98 Å². The second-order valence-corrected chi connectivity index (χ2v) is 7.13. The molecule has 1 atom stereocenters. The lowest BCUT2D eigenvalue weighted by Crippen LogP contribution is -2.61. The molecule has 1 aromatic rings. The van der Waals surface area contributed by atoms with Gasteiger partial charge >= 0.3 is 0 Å². The molecule has 1 unspecified atom stereocenters. The predicted molar refractivity (Wildman–Crippen MR) is 80.7 cm³/mol. The highest BCUT2D eigenvalue weighted by Gasteiger charge is 2.37. The molecule has 1 aromatic heterocycles. The molecule has 2 heterocycles. The summed E-state index contributed by atoms with van der Waals surface area (Å²) in [6.45, 7) is 7.90. The summed E-state index contributed by atoms with van der Waals surface area (Å²) < 4.78 is 0. The molecule has 1 spiro atoms. The van der Waals surface area contributed by atoms with Gasteiger partial charge in [0.1, 0.15) is 5.01 Å². The van der Waals surface area contributed by atoms with Gasteiger partial charge in [0.15, 0.2) is 0 Å². The zero-order chi connectivity index (χ0) is 13.3. The third-order valence-electron chi connectivity index (χ3n) is 4.76. The molecule has 106 valence electrons. The van der Waals surface area contributed by atoms with Crippen LogP contribution in [0, 0.1) is 6.92 Å². The first-order valence-corrected chi connectivity index (χ1v) is 8.48. The minimum Gasteiger partial charge on any atom is -0.309 e. The molecule has 4 heteroatoms. The number of aryl methyl sites for hydroxylation is 1. The standard InChI is InChI=1S/C15H25N3S/c1-12-10-19-14(17-12)13(2)18-9-8-16-15(11-18)6-4-3-5-7-15/h10,13,16H,3-9,11H2,1-2H3. The van der Waals surface area contributed by atoms with E-state index in [-0.39, 0.29) is 0 Å². The molecule has 1 saturated carbocycles. The van der Waals surface area contributed by atoms with Crippen LogP contribution in [0.25, 0.3) is 0 Å². The fourth-order valence-corrected chi connectivity index (χ4v) is 4.49. The molecule has 1 aliphatic carbocycles. The van der Waals surface area contributed by atoms with Crippen molar-refractivity contribution in [3.63, 3.8) is 0 Å². The third-order valence-corrected chi connectivity index (χ3v) is 5.89. The molecule has 1 saturated heterocycles. The molecule has 3 rings (SSSR count). The van der Waals surface area contributed by atoms with Crippen LogP contribution < -0.4 is 5.32 Å². The Kier molecular flexibility index (Phi) is 3.92. The average Bonchev–Trinajstić information content (AvgIpc) is 2.85. The molecule has 2 aliphatic rings. The van der Waals surface area contributed by atoms with Crippen LogP contribution in [0.3, 0.4) is 0 Å². The summed E-state index contributed by atoms with van der Waals surface area (Å²) in [5.74, 6) is 0. The van der Waals surface area contributed by atoms with Crippen LogP contribution in [0.5, 0.6) is 0 Å². The van der Waals surface area contributed by atoms with Crippen molar-refractivity contribution < 1.29 is 0 Å². The minimum atomic E-state index is 0.400. The summed E-state index contributed by atoms with van der Waals surface area (Å²) in [7, 11) is 0. The van der Waals surface area contributed by atoms with Crippen molar-refractivity contribution in [3.8, 4) is 0 Å². The lowest BCUT2D eigenvalue weighted by atomic mass is 9.80. The van der Waals surface area contributed by atoms with E-state index in [1.165, 1.54) is 43.7 Å². The van der Waals surface area contributed by atoms with Gasteiger partial charge in [-0.3, -0.25) is 4.90 Å². The SMILES string of the molecule is Cc1csc(C(C)N2CCNC3(CCCCC3)C2)n1. The molecular weight excluding hydrogens is 254 g/mol. The Morgan fingerprint density at radius 3 is 2.84 bits per heavy atom. The number of rotatable bonds is 2. The van der Waals surface area contributed by atoms with E-state index in [0.717, 1.165) is 18.8 Å². The summed E-state index contributed by atoms with van der Waals surface area (Å²) >= 11 is 1.81. The van der Waals surface area contributed by atoms with Crippen molar-refractivity contribution in [1.29, 1.82) is 0 Å². The molecule has 0 aromatic carbocycles. The molecule has 0 radical (unpaired) electrons. The van der Waals surface area contributed by atoms with Gasteiger partial charge in [-0.15, -0.1) is 11.3 Å². The molecular formula is C15H25N3S. The Labute approximate surface area is 120 Å². The van der Waals surface area contributed by atoms with Crippen molar-refractivity contribution in [2.75, 3.05) is 19.6 Å². The Morgan fingerprint density at radius 2 is 2.16 bits per heavy atom. The van der Waals surface area contributed by atoms with Gasteiger partial charge in [-0.2, -0.15) is 0 Å². The maximum atomic E-state index is 4.68. The maximum Gasteiger partial charge on any atom is 0.110 e. The molecule has 0 bridgehead atoms. The lowest BCUT2D eigenvalue weighted by molar-refractivity contribution is 0.0729. The summed E-state index contributed by atoms with van der Waals surface area (Å²) in [6.07, 6.45) is 6.92. The van der Waals surface area contributed by atoms with E-state index in [9.17, 15) is 0 Å². The second-order valence-electron chi connectivity index (χ2n) is 6.24.